The van der Waals surface area contributed by atoms with Gasteiger partial charge in [-0.2, -0.15) is 0 Å². The maximum Gasteiger partial charge on any atom is 0.341 e. The van der Waals surface area contributed by atoms with Crippen LogP contribution in [0.4, 0.5) is 0 Å². The molecule has 1 aliphatic heterocycles. The van der Waals surface area contributed by atoms with E-state index >= 15 is 0 Å². The van der Waals surface area contributed by atoms with Crippen LogP contribution < -0.4 is 22.1 Å². The SMILES string of the molecule is NCCC[C@@H]1NC(=O)[C@@H](N)Cc2cc(ccc2O)-c2ccc(O)c(c2)C[C@@H](C(=O)OCC(=O)O)NC1=O. The van der Waals surface area contributed by atoms with Crippen molar-refractivity contribution in [2.45, 2.75) is 43.8 Å². The van der Waals surface area contributed by atoms with E-state index in [0.29, 0.717) is 23.1 Å². The predicted molar refractivity (Wildman–Crippen MR) is 131 cm³/mol. The van der Waals surface area contributed by atoms with Crippen LogP contribution in [0.1, 0.15) is 24.0 Å². The summed E-state index contributed by atoms with van der Waals surface area (Å²) in [7, 11) is 0. The van der Waals surface area contributed by atoms with Crippen molar-refractivity contribution in [2.24, 2.45) is 11.5 Å². The minimum absolute atomic E-state index is 0.0220. The third-order valence-electron chi connectivity index (χ3n) is 5.96. The number of nitrogens with one attached hydrogen (secondary N) is 2. The van der Waals surface area contributed by atoms with Crippen LogP contribution in [0.2, 0.25) is 0 Å². The van der Waals surface area contributed by atoms with E-state index in [-0.39, 0.29) is 42.9 Å². The Labute approximate surface area is 212 Å². The molecule has 0 aliphatic carbocycles. The largest absolute Gasteiger partial charge is 0.508 e. The first-order chi connectivity index (χ1) is 17.6. The number of benzene rings is 2. The van der Waals surface area contributed by atoms with Gasteiger partial charge in [0.2, 0.25) is 11.8 Å². The molecule has 3 atom stereocenters. The number of hydrogen-bond acceptors (Lipinski definition) is 9. The van der Waals surface area contributed by atoms with E-state index in [4.69, 9.17) is 21.3 Å². The van der Waals surface area contributed by atoms with Gasteiger partial charge < -0.3 is 42.2 Å². The van der Waals surface area contributed by atoms with Gasteiger partial charge in [0.25, 0.3) is 0 Å². The normalized spacial score (nSPS) is 20.1. The second-order valence-electron chi connectivity index (χ2n) is 8.76. The number of amides is 2. The highest BCUT2D eigenvalue weighted by Gasteiger charge is 2.30. The van der Waals surface area contributed by atoms with Crippen LogP contribution in [-0.2, 0) is 36.8 Å². The van der Waals surface area contributed by atoms with Gasteiger partial charge in [-0.05, 0) is 65.9 Å². The van der Waals surface area contributed by atoms with Crippen molar-refractivity contribution in [1.82, 2.24) is 10.6 Å². The Hall–Kier alpha value is -4.16. The molecule has 0 fully saturated rings. The molecule has 37 heavy (non-hydrogen) atoms. The molecule has 0 radical (unpaired) electrons. The molecule has 1 aliphatic rings. The lowest BCUT2D eigenvalue weighted by Crippen LogP contribution is -2.55. The Morgan fingerprint density at radius 2 is 1.54 bits per heavy atom. The van der Waals surface area contributed by atoms with Gasteiger partial charge in [-0.25, -0.2) is 9.59 Å². The molecular weight excluding hydrogens is 484 g/mol. The summed E-state index contributed by atoms with van der Waals surface area (Å²) in [6.45, 7) is -0.688. The molecule has 0 saturated carbocycles. The molecular formula is C25H30N4O8. The number of aliphatic carboxylic acids is 1. The molecule has 1 heterocycles. The Morgan fingerprint density at radius 3 is 2.11 bits per heavy atom. The molecule has 0 saturated heterocycles. The highest BCUT2D eigenvalue weighted by molar-refractivity contribution is 5.92. The standard InChI is InChI=1S/C25H30N4O8/c26-7-1-2-18-24(35)29-19(25(36)37-12-22(32)33)11-16-9-14(4-6-21(16)31)13-3-5-20(30)15(8-13)10-17(27)23(34)28-18/h3-6,8-9,17-19,30-31H,1-2,7,10-12,26-27H2,(H,28,34)(H,29,35)(H,32,33)/t17-,18-,19-/m0/s1. The summed E-state index contributed by atoms with van der Waals surface area (Å²) in [6.07, 6.45) is 0.254. The number of fused-ring (bicyclic) bond motifs is 5. The predicted octanol–water partition coefficient (Wildman–Crippen LogP) is -0.473. The smallest absolute Gasteiger partial charge is 0.341 e. The van der Waals surface area contributed by atoms with Gasteiger partial charge in [-0.15, -0.1) is 0 Å². The number of carboxylic acids is 1. The quantitative estimate of drug-likeness (QED) is 0.246. The second kappa shape index (κ2) is 12.2. The molecule has 198 valence electrons. The molecule has 2 aromatic carbocycles. The van der Waals surface area contributed by atoms with Crippen molar-refractivity contribution < 1.29 is 39.2 Å². The number of carbonyl (C=O) groups excluding carboxylic acids is 3. The van der Waals surface area contributed by atoms with Gasteiger partial charge in [0.15, 0.2) is 6.61 Å². The molecule has 3 rings (SSSR count). The molecule has 2 aromatic rings. The van der Waals surface area contributed by atoms with Crippen molar-refractivity contribution in [1.29, 1.82) is 0 Å². The summed E-state index contributed by atoms with van der Waals surface area (Å²) < 4.78 is 4.81. The monoisotopic (exact) mass is 514 g/mol. The number of hydrogen-bond donors (Lipinski definition) is 7. The fraction of sp³-hybridized carbons (Fsp3) is 0.360. The zero-order valence-electron chi connectivity index (χ0n) is 20.0. The van der Waals surface area contributed by atoms with Crippen molar-refractivity contribution in [3.63, 3.8) is 0 Å². The third-order valence-corrected chi connectivity index (χ3v) is 5.96. The van der Waals surface area contributed by atoms with Gasteiger partial charge in [-0.3, -0.25) is 9.59 Å². The lowest BCUT2D eigenvalue weighted by atomic mass is 9.95. The first kappa shape index (κ1) is 27.4. The second-order valence-corrected chi connectivity index (χ2v) is 8.76. The number of phenols is 2. The molecule has 12 heteroatoms. The maximum atomic E-state index is 13.1. The molecule has 12 nitrogen and oxygen atoms in total. The number of esters is 1. The topological polar surface area (TPSA) is 214 Å². The number of aromatic hydroxyl groups is 2. The van der Waals surface area contributed by atoms with Gasteiger partial charge in [0.1, 0.15) is 23.6 Å². The van der Waals surface area contributed by atoms with E-state index < -0.39 is 48.5 Å². The zero-order chi connectivity index (χ0) is 27.1. The Kier molecular flexibility index (Phi) is 9.04. The number of nitrogens with two attached hydrogens (primary N) is 2. The summed E-state index contributed by atoms with van der Waals surface area (Å²) in [4.78, 5) is 49.6. The average molecular weight is 515 g/mol. The number of carbonyl (C=O) groups is 4. The highest BCUT2D eigenvalue weighted by atomic mass is 16.6. The van der Waals surface area contributed by atoms with Crippen molar-refractivity contribution >= 4 is 23.8 Å². The van der Waals surface area contributed by atoms with Crippen molar-refractivity contribution in [3.8, 4) is 22.6 Å². The molecule has 9 N–H and O–H groups in total. The Balaban J connectivity index is 2.08. The lowest BCUT2D eigenvalue weighted by Gasteiger charge is -2.24. The van der Waals surface area contributed by atoms with Gasteiger partial charge in [-0.1, -0.05) is 12.1 Å². The summed E-state index contributed by atoms with van der Waals surface area (Å²) in [5.41, 5.74) is 13.6. The van der Waals surface area contributed by atoms with Crippen molar-refractivity contribution in [2.75, 3.05) is 13.2 Å². The average Bonchev–Trinajstić information content (AvgIpc) is 2.86. The molecule has 0 aromatic heterocycles. The van der Waals surface area contributed by atoms with Crippen LogP contribution in [0.3, 0.4) is 0 Å². The summed E-state index contributed by atoms with van der Waals surface area (Å²) in [5, 5.41) is 34.8. The van der Waals surface area contributed by atoms with Crippen LogP contribution in [0.5, 0.6) is 11.5 Å². The lowest BCUT2D eigenvalue weighted by molar-refractivity contribution is -0.157. The minimum atomic E-state index is -1.38. The molecule has 2 amide bonds. The first-order valence-electron chi connectivity index (χ1n) is 11.7. The van der Waals surface area contributed by atoms with Crippen LogP contribution in [0.15, 0.2) is 36.4 Å². The zero-order valence-corrected chi connectivity index (χ0v) is 20.0. The van der Waals surface area contributed by atoms with Gasteiger partial charge in [0.05, 0.1) is 6.04 Å². The summed E-state index contributed by atoms with van der Waals surface area (Å²) in [5.74, 6) is -4.02. The molecule has 4 bridgehead atoms. The fourth-order valence-corrected chi connectivity index (χ4v) is 3.98. The van der Waals surface area contributed by atoms with Crippen LogP contribution >= 0.6 is 0 Å². The Morgan fingerprint density at radius 1 is 0.946 bits per heavy atom. The van der Waals surface area contributed by atoms with Crippen LogP contribution in [0.25, 0.3) is 11.1 Å². The number of carboxylic acid groups (broad SMARTS) is 1. The van der Waals surface area contributed by atoms with Crippen LogP contribution in [-0.4, -0.2) is 70.3 Å². The summed E-state index contributed by atoms with van der Waals surface area (Å²) in [6, 6.07) is 5.81. The molecule has 0 spiro atoms. The number of phenolic OH excluding ortho intramolecular Hbond substituents is 2. The van der Waals surface area contributed by atoms with E-state index in [0.717, 1.165) is 0 Å². The fourth-order valence-electron chi connectivity index (χ4n) is 3.98. The number of rotatable bonds is 6. The van der Waals surface area contributed by atoms with E-state index in [2.05, 4.69) is 10.6 Å². The van der Waals surface area contributed by atoms with Gasteiger partial charge >= 0.3 is 11.9 Å². The Bertz CT molecular complexity index is 1190. The van der Waals surface area contributed by atoms with E-state index in [1.807, 2.05) is 0 Å². The van der Waals surface area contributed by atoms with Crippen molar-refractivity contribution in [3.05, 3.63) is 47.5 Å². The first-order valence-corrected chi connectivity index (χ1v) is 11.7. The maximum absolute atomic E-state index is 13.1. The van der Waals surface area contributed by atoms with E-state index in [1.54, 1.807) is 24.3 Å². The minimum Gasteiger partial charge on any atom is -0.508 e. The summed E-state index contributed by atoms with van der Waals surface area (Å²) >= 11 is 0. The third kappa shape index (κ3) is 7.18. The van der Waals surface area contributed by atoms with Gasteiger partial charge in [0, 0.05) is 12.8 Å². The van der Waals surface area contributed by atoms with E-state index in [9.17, 15) is 29.4 Å². The van der Waals surface area contributed by atoms with E-state index in [1.165, 1.54) is 12.1 Å². The number of ether oxygens (including phenoxy) is 1. The molecule has 0 unspecified atom stereocenters. The highest BCUT2D eigenvalue weighted by Crippen LogP contribution is 2.31. The van der Waals surface area contributed by atoms with Crippen LogP contribution in [0, 0.1) is 0 Å².